The molecule has 142 valence electrons. The molecule has 1 aliphatic heterocycles. The minimum Gasteiger partial charge on any atom is -0.453 e. The van der Waals surface area contributed by atoms with Crippen LogP contribution >= 0.6 is 0 Å². The normalized spacial score (nSPS) is 19.7. The van der Waals surface area contributed by atoms with E-state index in [1.54, 1.807) is 18.3 Å². The van der Waals surface area contributed by atoms with Crippen LogP contribution in [-0.2, 0) is 9.53 Å². The van der Waals surface area contributed by atoms with Crippen molar-refractivity contribution < 1.29 is 14.3 Å². The Morgan fingerprint density at radius 2 is 2.15 bits per heavy atom. The van der Waals surface area contributed by atoms with Crippen molar-refractivity contribution in [1.29, 1.82) is 0 Å². The molecule has 2 atom stereocenters. The van der Waals surface area contributed by atoms with Crippen LogP contribution in [0.1, 0.15) is 37.9 Å². The molecule has 1 aromatic heterocycles. The molecule has 1 aromatic carbocycles. The van der Waals surface area contributed by atoms with Gasteiger partial charge in [-0.2, -0.15) is 0 Å². The van der Waals surface area contributed by atoms with Crippen LogP contribution in [0, 0.1) is 5.92 Å². The van der Waals surface area contributed by atoms with Crippen molar-refractivity contribution >= 4 is 23.4 Å². The van der Waals surface area contributed by atoms with Gasteiger partial charge in [0.15, 0.2) is 0 Å². The first-order chi connectivity index (χ1) is 13.0. The van der Waals surface area contributed by atoms with Gasteiger partial charge in [0.05, 0.1) is 18.5 Å². The molecule has 0 saturated heterocycles. The Morgan fingerprint density at radius 3 is 2.93 bits per heavy atom. The lowest BCUT2D eigenvalue weighted by Crippen LogP contribution is -2.21. The van der Waals surface area contributed by atoms with E-state index in [0.29, 0.717) is 17.8 Å². The number of hydrogen-bond acceptors (Lipinski definition) is 5. The summed E-state index contributed by atoms with van der Waals surface area (Å²) in [5.74, 6) is 0.160. The summed E-state index contributed by atoms with van der Waals surface area (Å²) in [6, 6.07) is 8.98. The Hall–Kier alpha value is -2.93. The third-order valence-corrected chi connectivity index (χ3v) is 4.84. The number of ether oxygens (including phenoxy) is 1. The molecule has 0 fully saturated rings. The minimum absolute atomic E-state index is 0.0675. The summed E-state index contributed by atoms with van der Waals surface area (Å²) in [6.45, 7) is 2.08. The molecular formula is C20H24N4O3. The number of nitrogens with two attached hydrogens (primary N) is 1. The van der Waals surface area contributed by atoms with Gasteiger partial charge in [-0.05, 0) is 48.6 Å². The lowest BCUT2D eigenvalue weighted by Gasteiger charge is -2.21. The highest BCUT2D eigenvalue weighted by Crippen LogP contribution is 2.33. The van der Waals surface area contributed by atoms with E-state index in [9.17, 15) is 9.59 Å². The van der Waals surface area contributed by atoms with Crippen LogP contribution in [0.25, 0.3) is 11.1 Å². The van der Waals surface area contributed by atoms with Crippen LogP contribution in [-0.4, -0.2) is 24.1 Å². The quantitative estimate of drug-likeness (QED) is 0.712. The van der Waals surface area contributed by atoms with Crippen LogP contribution in [0.2, 0.25) is 0 Å². The topological polar surface area (TPSA) is 106 Å². The lowest BCUT2D eigenvalue weighted by molar-refractivity contribution is -0.116. The van der Waals surface area contributed by atoms with Crippen LogP contribution in [0.5, 0.6) is 0 Å². The number of nitrogens with zero attached hydrogens (tertiary/aromatic N) is 1. The van der Waals surface area contributed by atoms with Gasteiger partial charge in [-0.1, -0.05) is 13.0 Å². The standard InChI is InChI=1S/C20H24N4O3/c1-12-4-3-5-18(25)24-16-11-14(23-20(26)27-2)6-7-15(16)13-8-9-22-17(10-13)19(12)21/h6-12,19H,3-5,21H2,1-2H3,(H,23,26)(H,24,25)/t12?,19-/m0/s1. The van der Waals surface area contributed by atoms with Crippen molar-refractivity contribution in [1.82, 2.24) is 4.98 Å². The van der Waals surface area contributed by atoms with Crippen LogP contribution in [0.15, 0.2) is 36.5 Å². The number of amides is 2. The number of hydrogen-bond donors (Lipinski definition) is 3. The van der Waals surface area contributed by atoms with Gasteiger partial charge in [0, 0.05) is 29.9 Å². The smallest absolute Gasteiger partial charge is 0.411 e. The van der Waals surface area contributed by atoms with Crippen molar-refractivity contribution in [3.05, 3.63) is 42.2 Å². The summed E-state index contributed by atoms with van der Waals surface area (Å²) < 4.78 is 4.63. The highest BCUT2D eigenvalue weighted by molar-refractivity contribution is 5.97. The second kappa shape index (κ2) is 8.18. The van der Waals surface area contributed by atoms with Gasteiger partial charge < -0.3 is 15.8 Å². The van der Waals surface area contributed by atoms with Crippen molar-refractivity contribution in [3.63, 3.8) is 0 Å². The molecule has 2 amide bonds. The molecular weight excluding hydrogens is 344 g/mol. The molecule has 0 saturated carbocycles. The Labute approximate surface area is 158 Å². The van der Waals surface area contributed by atoms with E-state index in [1.807, 2.05) is 18.2 Å². The number of methoxy groups -OCH3 is 1. The first-order valence-electron chi connectivity index (χ1n) is 8.98. The zero-order valence-corrected chi connectivity index (χ0v) is 15.5. The number of anilines is 2. The molecule has 4 N–H and O–H groups in total. The molecule has 2 heterocycles. The summed E-state index contributed by atoms with van der Waals surface area (Å²) in [5, 5.41) is 5.58. The maximum absolute atomic E-state index is 12.4. The van der Waals surface area contributed by atoms with Gasteiger partial charge in [0.1, 0.15) is 0 Å². The zero-order chi connectivity index (χ0) is 19.4. The molecule has 2 bridgehead atoms. The lowest BCUT2D eigenvalue weighted by atomic mass is 9.91. The molecule has 0 aliphatic carbocycles. The van der Waals surface area contributed by atoms with E-state index in [-0.39, 0.29) is 17.9 Å². The summed E-state index contributed by atoms with van der Waals surface area (Å²) in [5.41, 5.74) is 10.1. The summed E-state index contributed by atoms with van der Waals surface area (Å²) in [7, 11) is 1.30. The number of carbonyl (C=O) groups excluding carboxylic acids is 2. The van der Waals surface area contributed by atoms with E-state index in [4.69, 9.17) is 5.73 Å². The molecule has 2 aromatic rings. The highest BCUT2D eigenvalue weighted by atomic mass is 16.5. The second-order valence-electron chi connectivity index (χ2n) is 6.79. The van der Waals surface area contributed by atoms with Crippen molar-refractivity contribution in [2.75, 3.05) is 17.7 Å². The summed E-state index contributed by atoms with van der Waals surface area (Å²) in [4.78, 5) is 28.3. The Kier molecular flexibility index (Phi) is 5.71. The van der Waals surface area contributed by atoms with Crippen LogP contribution < -0.4 is 16.4 Å². The summed E-state index contributed by atoms with van der Waals surface area (Å²) in [6.07, 6.45) is 3.16. The molecule has 1 unspecified atom stereocenters. The van der Waals surface area contributed by atoms with E-state index in [1.165, 1.54) is 7.11 Å². The predicted octanol–water partition coefficient (Wildman–Crippen LogP) is 3.69. The molecule has 0 radical (unpaired) electrons. The third-order valence-electron chi connectivity index (χ3n) is 4.84. The van der Waals surface area contributed by atoms with E-state index < -0.39 is 6.09 Å². The van der Waals surface area contributed by atoms with Gasteiger partial charge in [-0.25, -0.2) is 4.79 Å². The minimum atomic E-state index is -0.569. The van der Waals surface area contributed by atoms with E-state index in [2.05, 4.69) is 27.3 Å². The van der Waals surface area contributed by atoms with E-state index in [0.717, 1.165) is 29.7 Å². The van der Waals surface area contributed by atoms with Crippen LogP contribution in [0.4, 0.5) is 16.2 Å². The number of rotatable bonds is 1. The molecule has 7 heteroatoms. The maximum Gasteiger partial charge on any atom is 0.411 e. The fourth-order valence-electron chi connectivity index (χ4n) is 3.21. The fraction of sp³-hybridized carbons (Fsp3) is 0.350. The van der Waals surface area contributed by atoms with Crippen LogP contribution in [0.3, 0.4) is 0 Å². The maximum atomic E-state index is 12.4. The number of fused-ring (bicyclic) bond motifs is 4. The SMILES string of the molecule is COC(=O)Nc1ccc2c(c1)NC(=O)CCCC(C)[C@H](N)c1cc-2ccn1. The van der Waals surface area contributed by atoms with Crippen molar-refractivity contribution in [3.8, 4) is 11.1 Å². The number of aromatic nitrogens is 1. The predicted molar refractivity (Wildman–Crippen MR) is 104 cm³/mol. The molecule has 3 rings (SSSR count). The Bertz CT molecular complexity index is 853. The first kappa shape index (κ1) is 18.8. The monoisotopic (exact) mass is 368 g/mol. The highest BCUT2D eigenvalue weighted by Gasteiger charge is 2.19. The largest absolute Gasteiger partial charge is 0.453 e. The molecule has 27 heavy (non-hydrogen) atoms. The van der Waals surface area contributed by atoms with E-state index >= 15 is 0 Å². The molecule has 7 nitrogen and oxygen atoms in total. The molecule has 0 spiro atoms. The van der Waals surface area contributed by atoms with Crippen molar-refractivity contribution in [2.45, 2.75) is 32.2 Å². The average molecular weight is 368 g/mol. The zero-order valence-electron chi connectivity index (χ0n) is 15.5. The number of benzene rings is 1. The first-order valence-corrected chi connectivity index (χ1v) is 8.98. The van der Waals surface area contributed by atoms with Gasteiger partial charge in [-0.15, -0.1) is 0 Å². The third kappa shape index (κ3) is 4.43. The second-order valence-corrected chi connectivity index (χ2v) is 6.79. The van der Waals surface area contributed by atoms with Gasteiger partial charge >= 0.3 is 6.09 Å². The summed E-state index contributed by atoms with van der Waals surface area (Å²) >= 11 is 0. The Morgan fingerprint density at radius 1 is 1.33 bits per heavy atom. The Balaban J connectivity index is 2.06. The van der Waals surface area contributed by atoms with Gasteiger partial charge in [-0.3, -0.25) is 15.1 Å². The van der Waals surface area contributed by atoms with Crippen molar-refractivity contribution in [2.24, 2.45) is 11.7 Å². The average Bonchev–Trinajstić information content (AvgIpc) is 2.66. The molecule has 1 aliphatic rings. The number of pyridine rings is 1. The number of carbonyl (C=O) groups is 2. The fourth-order valence-corrected chi connectivity index (χ4v) is 3.21. The van der Waals surface area contributed by atoms with Gasteiger partial charge in [0.25, 0.3) is 0 Å². The number of nitrogens with one attached hydrogen (secondary N) is 2. The van der Waals surface area contributed by atoms with Gasteiger partial charge in [0.2, 0.25) is 5.91 Å².